The van der Waals surface area contributed by atoms with Gasteiger partial charge in [0.25, 0.3) is 0 Å². The average molecular weight is 360 g/mol. The van der Waals surface area contributed by atoms with Crippen molar-refractivity contribution >= 4 is 44.3 Å². The van der Waals surface area contributed by atoms with Crippen LogP contribution in [0, 0.1) is 0 Å². The van der Waals surface area contributed by atoms with Crippen molar-refractivity contribution in [3.05, 3.63) is 0 Å². The van der Waals surface area contributed by atoms with E-state index in [1.54, 1.807) is 0 Å². The summed E-state index contributed by atoms with van der Waals surface area (Å²) in [5.74, 6) is -0.334. The van der Waals surface area contributed by atoms with Gasteiger partial charge in [-0.25, -0.2) is 0 Å². The van der Waals surface area contributed by atoms with Crippen LogP contribution in [0.25, 0.3) is 0 Å². The number of hydrogen-bond acceptors (Lipinski definition) is 5. The summed E-state index contributed by atoms with van der Waals surface area (Å²) in [6.45, 7) is 3.37. The topological polar surface area (TPSA) is 89.9 Å². The molecule has 8 heteroatoms. The van der Waals surface area contributed by atoms with E-state index in [1.807, 2.05) is 0 Å². The fraction of sp³-hybridized carbons (Fsp3) is 0.933. The van der Waals surface area contributed by atoms with Gasteiger partial charge in [0.2, 0.25) is 0 Å². The molecule has 0 aliphatic carbocycles. The van der Waals surface area contributed by atoms with Gasteiger partial charge < -0.3 is 0 Å². The monoisotopic (exact) mass is 360 g/mol. The molecule has 0 spiro atoms. The average Bonchev–Trinajstić information content (AvgIpc) is 2.43. The van der Waals surface area contributed by atoms with Crippen molar-refractivity contribution in [2.75, 3.05) is 6.61 Å². The number of unbranched alkanes of at least 4 members (excludes halogenated alkanes) is 6. The fourth-order valence-electron chi connectivity index (χ4n) is 2.32. The number of esters is 1. The first-order valence-corrected chi connectivity index (χ1v) is 11.1. The molecule has 0 radical (unpaired) electrons. The molecule has 0 saturated heterocycles. The molecule has 0 aliphatic rings. The third-order valence-electron chi connectivity index (χ3n) is 3.60. The Kier molecular flexibility index (Phi) is 13.8. The van der Waals surface area contributed by atoms with Gasteiger partial charge in [0.05, 0.1) is 0 Å². The second-order valence-electron chi connectivity index (χ2n) is 6.23. The van der Waals surface area contributed by atoms with Gasteiger partial charge in [0.1, 0.15) is 0 Å². The molecule has 0 fully saturated rings. The molecular formula is C15H29NaO6S. The SMILES string of the molecule is CCCCCCCCC[CH]([Na])CC(=O)OC(C)COS(=O)(=O)O. The predicted molar refractivity (Wildman–Crippen MR) is 89.8 cm³/mol. The minimum atomic E-state index is -4.49. The second-order valence-corrected chi connectivity index (χ2v) is 8.96. The van der Waals surface area contributed by atoms with E-state index < -0.39 is 16.5 Å². The molecule has 2 unspecified atom stereocenters. The van der Waals surface area contributed by atoms with Crippen molar-refractivity contribution < 1.29 is 26.7 Å². The molecule has 1 N–H and O–H groups in total. The Balaban J connectivity index is 3.68. The third kappa shape index (κ3) is 17.0. The van der Waals surface area contributed by atoms with Crippen LogP contribution in [0.4, 0.5) is 0 Å². The zero-order valence-electron chi connectivity index (χ0n) is 14.6. The van der Waals surface area contributed by atoms with E-state index in [9.17, 15) is 13.2 Å². The Bertz CT molecular complexity index is 412. The molecule has 0 aliphatic heterocycles. The molecule has 0 aromatic carbocycles. The summed E-state index contributed by atoms with van der Waals surface area (Å²) in [4.78, 5) is 11.7. The quantitative estimate of drug-likeness (QED) is 0.221. The van der Waals surface area contributed by atoms with Gasteiger partial charge in [-0.2, -0.15) is 0 Å². The number of hydrogen-bond donors (Lipinski definition) is 1. The van der Waals surface area contributed by atoms with Crippen LogP contribution >= 0.6 is 0 Å². The van der Waals surface area contributed by atoms with E-state index in [4.69, 9.17) is 9.29 Å². The predicted octanol–water partition coefficient (Wildman–Crippen LogP) is 3.23. The van der Waals surface area contributed by atoms with Gasteiger partial charge in [-0.05, 0) is 0 Å². The van der Waals surface area contributed by atoms with E-state index in [-0.39, 0.29) is 12.6 Å². The van der Waals surface area contributed by atoms with E-state index in [0.717, 1.165) is 40.8 Å². The number of carbonyl (C=O) groups excluding carboxylic acids is 1. The third-order valence-corrected chi connectivity index (χ3v) is 5.02. The molecular weight excluding hydrogens is 331 g/mol. The molecule has 2 atom stereocenters. The summed E-state index contributed by atoms with van der Waals surface area (Å²) in [7, 11) is -4.49. The van der Waals surface area contributed by atoms with Crippen LogP contribution in [0.1, 0.15) is 71.6 Å². The first kappa shape index (κ1) is 23.3. The molecule has 0 bridgehead atoms. The van der Waals surface area contributed by atoms with E-state index >= 15 is 0 Å². The summed E-state index contributed by atoms with van der Waals surface area (Å²) >= 11 is 0.935. The molecule has 0 rings (SSSR count). The van der Waals surface area contributed by atoms with E-state index in [0.29, 0.717) is 9.59 Å². The maximum absolute atomic E-state index is 11.7. The minimum absolute atomic E-state index is 0.334. The molecule has 0 amide bonds. The van der Waals surface area contributed by atoms with E-state index in [2.05, 4.69) is 11.1 Å². The van der Waals surface area contributed by atoms with Gasteiger partial charge >= 0.3 is 158 Å². The first-order valence-electron chi connectivity index (χ1n) is 8.56. The molecule has 0 aromatic rings. The van der Waals surface area contributed by atoms with Crippen LogP contribution in [0.2, 0.25) is 3.17 Å². The van der Waals surface area contributed by atoms with Gasteiger partial charge in [0.15, 0.2) is 0 Å². The number of carbonyl (C=O) groups is 1. The van der Waals surface area contributed by atoms with Crippen molar-refractivity contribution in [1.82, 2.24) is 0 Å². The summed E-state index contributed by atoms with van der Waals surface area (Å²) in [6.07, 6.45) is 9.55. The molecule has 0 saturated carbocycles. The van der Waals surface area contributed by atoms with E-state index in [1.165, 1.54) is 45.4 Å². The van der Waals surface area contributed by atoms with Crippen molar-refractivity contribution in [2.45, 2.75) is 80.9 Å². The Morgan fingerprint density at radius 1 is 1.13 bits per heavy atom. The van der Waals surface area contributed by atoms with Crippen LogP contribution < -0.4 is 0 Å². The van der Waals surface area contributed by atoms with Crippen LogP contribution in [0.3, 0.4) is 0 Å². The van der Waals surface area contributed by atoms with Gasteiger partial charge in [-0.3, -0.25) is 0 Å². The maximum atomic E-state index is 11.7. The molecule has 132 valence electrons. The summed E-state index contributed by atoms with van der Waals surface area (Å²) in [5, 5.41) is 0. The van der Waals surface area contributed by atoms with Crippen molar-refractivity contribution in [3.8, 4) is 0 Å². The van der Waals surface area contributed by atoms with Gasteiger partial charge in [-0.15, -0.1) is 0 Å². The molecule has 0 aromatic heterocycles. The summed E-state index contributed by atoms with van der Waals surface area (Å²) in [5.41, 5.74) is 0. The van der Waals surface area contributed by atoms with Gasteiger partial charge in [-0.1, -0.05) is 0 Å². The van der Waals surface area contributed by atoms with Crippen LogP contribution in [-0.4, -0.2) is 59.6 Å². The van der Waals surface area contributed by atoms with Crippen molar-refractivity contribution in [3.63, 3.8) is 0 Å². The van der Waals surface area contributed by atoms with Crippen molar-refractivity contribution in [1.29, 1.82) is 0 Å². The second kappa shape index (κ2) is 13.6. The standard InChI is InChI=1S/C15H29O6S.Na/c1-3-4-5-6-7-8-9-10-11-12-15(16)21-14(2)13-20-22(17,18)19;/h11,14H,3-10,12-13H2,1-2H3,(H,17,18,19);. The Morgan fingerprint density at radius 2 is 1.70 bits per heavy atom. The Labute approximate surface area is 158 Å². The van der Waals surface area contributed by atoms with Crippen molar-refractivity contribution in [2.24, 2.45) is 0 Å². The van der Waals surface area contributed by atoms with Crippen LogP contribution in [0.5, 0.6) is 0 Å². The molecule has 23 heavy (non-hydrogen) atoms. The number of rotatable bonds is 14. The van der Waals surface area contributed by atoms with Crippen LogP contribution in [0.15, 0.2) is 0 Å². The zero-order valence-corrected chi connectivity index (χ0v) is 17.4. The zero-order chi connectivity index (χ0) is 17.7. The summed E-state index contributed by atoms with van der Waals surface area (Å²) in [6, 6.07) is 0. The molecule has 0 heterocycles. The Morgan fingerprint density at radius 3 is 2.26 bits per heavy atom. The Hall–Kier alpha value is 0.340. The van der Waals surface area contributed by atoms with Gasteiger partial charge in [0, 0.05) is 0 Å². The first-order chi connectivity index (χ1) is 10.7. The normalized spacial score (nSPS) is 14.5. The summed E-state index contributed by atoms with van der Waals surface area (Å²) < 4.78 is 38.9. The van der Waals surface area contributed by atoms with Crippen LogP contribution in [-0.2, 0) is 24.1 Å². The number of ether oxygens (including phenoxy) is 1. The molecule has 6 nitrogen and oxygen atoms in total. The fourth-order valence-corrected chi connectivity index (χ4v) is 3.43.